The lowest BCUT2D eigenvalue weighted by molar-refractivity contribution is 0.00360. The van der Waals surface area contributed by atoms with Gasteiger partial charge in [-0.25, -0.2) is 13.4 Å². The van der Waals surface area contributed by atoms with E-state index in [9.17, 15) is 13.2 Å². The number of pyridine rings is 2. The van der Waals surface area contributed by atoms with Gasteiger partial charge in [-0.2, -0.15) is 0 Å². The fourth-order valence-electron chi connectivity index (χ4n) is 4.07. The summed E-state index contributed by atoms with van der Waals surface area (Å²) in [5, 5.41) is 0.00208. The van der Waals surface area contributed by atoms with Crippen molar-refractivity contribution < 1.29 is 22.4 Å². The number of sulfone groups is 1. The Morgan fingerprint density at radius 1 is 1.09 bits per heavy atom. The Bertz CT molecular complexity index is 1480. The van der Waals surface area contributed by atoms with Crippen molar-refractivity contribution in [1.82, 2.24) is 14.9 Å². The smallest absolute Gasteiger partial charge is 0.254 e. The van der Waals surface area contributed by atoms with Crippen molar-refractivity contribution in [3.05, 3.63) is 66.5 Å². The number of ether oxygens (including phenoxy) is 1. The maximum absolute atomic E-state index is 13.1. The molecule has 0 saturated carbocycles. The molecule has 0 radical (unpaired) electrons. The molecule has 9 heteroatoms. The highest BCUT2D eigenvalue weighted by atomic mass is 32.2. The molecule has 1 aliphatic rings. The van der Waals surface area contributed by atoms with E-state index in [1.54, 1.807) is 18.3 Å². The number of amides is 1. The van der Waals surface area contributed by atoms with E-state index in [4.69, 9.17) is 9.15 Å². The summed E-state index contributed by atoms with van der Waals surface area (Å²) in [4.78, 5) is 23.4. The van der Waals surface area contributed by atoms with E-state index in [2.05, 4.69) is 9.97 Å². The van der Waals surface area contributed by atoms with Crippen molar-refractivity contribution in [1.29, 1.82) is 0 Å². The minimum atomic E-state index is -3.38. The predicted molar refractivity (Wildman–Crippen MR) is 127 cm³/mol. The molecular weight excluding hydrogens is 454 g/mol. The summed E-state index contributed by atoms with van der Waals surface area (Å²) in [6, 6.07) is 14.2. The second kappa shape index (κ2) is 8.66. The standard InChI is InChI=1S/C25H23N3O5S/c1-16-15-32-11-10-28(16)25(29)18-5-3-4-17(12-18)20-8-9-26-21-13-22(33-24(20)21)19-6-7-23(27-14-19)34(2,30)31/h3-9,12-14,16H,10-11,15H2,1-2H3. The molecule has 174 valence electrons. The van der Waals surface area contributed by atoms with Crippen LogP contribution in [0.3, 0.4) is 0 Å². The summed E-state index contributed by atoms with van der Waals surface area (Å²) in [5.41, 5.74) is 4.12. The highest BCUT2D eigenvalue weighted by Crippen LogP contribution is 2.34. The summed E-state index contributed by atoms with van der Waals surface area (Å²) in [6.07, 6.45) is 4.28. The van der Waals surface area contributed by atoms with Crippen molar-refractivity contribution in [2.75, 3.05) is 26.0 Å². The highest BCUT2D eigenvalue weighted by molar-refractivity contribution is 7.90. The number of fused-ring (bicyclic) bond motifs is 1. The van der Waals surface area contributed by atoms with Crippen molar-refractivity contribution in [3.63, 3.8) is 0 Å². The monoisotopic (exact) mass is 477 g/mol. The quantitative estimate of drug-likeness (QED) is 0.440. The van der Waals surface area contributed by atoms with Crippen molar-refractivity contribution in [2.24, 2.45) is 0 Å². The second-order valence-electron chi connectivity index (χ2n) is 8.34. The van der Waals surface area contributed by atoms with Crippen LogP contribution in [0.2, 0.25) is 0 Å². The number of nitrogens with zero attached hydrogens (tertiary/aromatic N) is 3. The van der Waals surface area contributed by atoms with Crippen LogP contribution in [0.5, 0.6) is 0 Å². The molecule has 1 aromatic carbocycles. The van der Waals surface area contributed by atoms with Crippen molar-refractivity contribution in [3.8, 4) is 22.5 Å². The third kappa shape index (κ3) is 4.20. The number of hydrogen-bond donors (Lipinski definition) is 0. The molecule has 1 saturated heterocycles. The third-order valence-corrected chi connectivity index (χ3v) is 6.86. The van der Waals surface area contributed by atoms with Gasteiger partial charge in [0.15, 0.2) is 20.4 Å². The van der Waals surface area contributed by atoms with Gasteiger partial charge in [-0.05, 0) is 42.8 Å². The molecule has 8 nitrogen and oxygen atoms in total. The normalized spacial score (nSPS) is 16.6. The largest absolute Gasteiger partial charge is 0.454 e. The Kier molecular flexibility index (Phi) is 5.66. The first-order chi connectivity index (χ1) is 16.3. The Morgan fingerprint density at radius 2 is 1.94 bits per heavy atom. The van der Waals surface area contributed by atoms with Crippen molar-refractivity contribution >= 4 is 26.8 Å². The first kappa shape index (κ1) is 22.2. The zero-order valence-corrected chi connectivity index (χ0v) is 19.6. The Morgan fingerprint density at radius 3 is 2.68 bits per heavy atom. The molecule has 0 bridgehead atoms. The number of morpholine rings is 1. The number of rotatable bonds is 4. The SMILES string of the molecule is CC1COCCN1C(=O)c1cccc(-c2ccnc3cc(-c4ccc(S(C)(=O)=O)nc4)oc23)c1. The lowest BCUT2D eigenvalue weighted by atomic mass is 10.0. The molecule has 1 unspecified atom stereocenters. The zero-order chi connectivity index (χ0) is 23.9. The minimum absolute atomic E-state index is 0.00208. The van der Waals surface area contributed by atoms with Gasteiger partial charge in [0.2, 0.25) is 0 Å². The van der Waals surface area contributed by atoms with Gasteiger partial charge in [-0.15, -0.1) is 0 Å². The lowest BCUT2D eigenvalue weighted by Gasteiger charge is -2.33. The molecule has 1 fully saturated rings. The van der Waals surface area contributed by atoms with E-state index in [1.807, 2.05) is 42.2 Å². The van der Waals surface area contributed by atoms with Crippen LogP contribution >= 0.6 is 0 Å². The molecule has 34 heavy (non-hydrogen) atoms. The number of carbonyl (C=O) groups is 1. The van der Waals surface area contributed by atoms with Gasteiger partial charge in [-0.1, -0.05) is 12.1 Å². The zero-order valence-electron chi connectivity index (χ0n) is 18.8. The summed E-state index contributed by atoms with van der Waals surface area (Å²) in [5.74, 6) is 0.497. The van der Waals surface area contributed by atoms with Gasteiger partial charge in [0.1, 0.15) is 11.3 Å². The van der Waals surface area contributed by atoms with Crippen LogP contribution in [0, 0.1) is 0 Å². The van der Waals surface area contributed by atoms with E-state index in [-0.39, 0.29) is 17.0 Å². The average Bonchev–Trinajstić information content (AvgIpc) is 3.28. The first-order valence-electron chi connectivity index (χ1n) is 10.9. The molecule has 0 N–H and O–H groups in total. The molecule has 4 aromatic rings. The minimum Gasteiger partial charge on any atom is -0.454 e. The van der Waals surface area contributed by atoms with Crippen LogP contribution in [-0.4, -0.2) is 61.2 Å². The van der Waals surface area contributed by atoms with Gasteiger partial charge in [0, 0.05) is 48.0 Å². The molecule has 1 amide bonds. The summed E-state index contributed by atoms with van der Waals surface area (Å²) >= 11 is 0. The molecular formula is C25H23N3O5S. The molecule has 1 atom stereocenters. The van der Waals surface area contributed by atoms with E-state index in [0.717, 1.165) is 17.4 Å². The van der Waals surface area contributed by atoms with E-state index in [0.29, 0.717) is 47.7 Å². The van der Waals surface area contributed by atoms with Gasteiger partial charge in [0.25, 0.3) is 5.91 Å². The molecule has 1 aliphatic heterocycles. The Balaban J connectivity index is 1.51. The molecule has 5 rings (SSSR count). The number of carbonyl (C=O) groups excluding carboxylic acids is 1. The molecule has 3 aromatic heterocycles. The van der Waals surface area contributed by atoms with Crippen molar-refractivity contribution in [2.45, 2.75) is 18.0 Å². The number of furan rings is 1. The summed E-state index contributed by atoms with van der Waals surface area (Å²) in [6.45, 7) is 3.62. The number of aromatic nitrogens is 2. The van der Waals surface area contributed by atoms with Gasteiger partial charge in [-0.3, -0.25) is 9.78 Å². The first-order valence-corrected chi connectivity index (χ1v) is 12.7. The average molecular weight is 478 g/mol. The van der Waals surface area contributed by atoms with E-state index < -0.39 is 9.84 Å². The Hall–Kier alpha value is -3.56. The van der Waals surface area contributed by atoms with Crippen LogP contribution < -0.4 is 0 Å². The van der Waals surface area contributed by atoms with Crippen LogP contribution in [0.15, 0.2) is 70.4 Å². The molecule has 0 spiro atoms. The van der Waals surface area contributed by atoms with Crippen LogP contribution in [0.1, 0.15) is 17.3 Å². The van der Waals surface area contributed by atoms with Gasteiger partial charge >= 0.3 is 0 Å². The molecule has 0 aliphatic carbocycles. The Labute approximate surface area is 197 Å². The predicted octanol–water partition coefficient (Wildman–Crippen LogP) is 3.82. The maximum atomic E-state index is 13.1. The fourth-order valence-corrected chi connectivity index (χ4v) is 4.63. The summed E-state index contributed by atoms with van der Waals surface area (Å²) in [7, 11) is -3.38. The molecule has 4 heterocycles. The van der Waals surface area contributed by atoms with Crippen LogP contribution in [0.25, 0.3) is 33.6 Å². The second-order valence-corrected chi connectivity index (χ2v) is 10.3. The highest BCUT2D eigenvalue weighted by Gasteiger charge is 2.25. The van der Waals surface area contributed by atoms with Crippen LogP contribution in [-0.2, 0) is 14.6 Å². The fraction of sp³-hybridized carbons (Fsp3) is 0.240. The lowest BCUT2D eigenvalue weighted by Crippen LogP contribution is -2.47. The maximum Gasteiger partial charge on any atom is 0.254 e. The third-order valence-electron chi connectivity index (χ3n) is 5.86. The van der Waals surface area contributed by atoms with Crippen LogP contribution in [0.4, 0.5) is 0 Å². The number of benzene rings is 1. The van der Waals surface area contributed by atoms with Gasteiger partial charge in [0.05, 0.1) is 19.3 Å². The summed E-state index contributed by atoms with van der Waals surface area (Å²) < 4.78 is 35.0. The van der Waals surface area contributed by atoms with E-state index >= 15 is 0 Å². The van der Waals surface area contributed by atoms with Gasteiger partial charge < -0.3 is 14.1 Å². The topological polar surface area (TPSA) is 103 Å². The van der Waals surface area contributed by atoms with E-state index in [1.165, 1.54) is 12.3 Å². The number of hydrogen-bond acceptors (Lipinski definition) is 7.